The van der Waals surface area contributed by atoms with Crippen molar-refractivity contribution >= 4 is 17.0 Å². The summed E-state index contributed by atoms with van der Waals surface area (Å²) < 4.78 is 0. The Kier molecular flexibility index (Phi) is 4.53. The number of amides is 1. The highest BCUT2D eigenvalue weighted by molar-refractivity contribution is 5.81. The van der Waals surface area contributed by atoms with Gasteiger partial charge >= 0.3 is 6.09 Å². The second kappa shape index (κ2) is 6.75. The molecular weight excluding hydrogens is 278 g/mol. The van der Waals surface area contributed by atoms with Crippen molar-refractivity contribution in [2.45, 2.75) is 25.3 Å². The van der Waals surface area contributed by atoms with Crippen LogP contribution in [-0.4, -0.2) is 46.8 Å². The molecule has 1 saturated heterocycles. The van der Waals surface area contributed by atoms with Gasteiger partial charge in [-0.3, -0.25) is 4.98 Å². The number of likely N-dealkylation sites (tertiary alicyclic amines) is 1. The lowest BCUT2D eigenvalue weighted by atomic mass is 10.0. The number of nitrogens with zero attached hydrogens (tertiary/aromatic N) is 2. The lowest BCUT2D eigenvalue weighted by Gasteiger charge is -2.31. The number of fused-ring (bicyclic) bond motifs is 1. The van der Waals surface area contributed by atoms with E-state index in [4.69, 9.17) is 5.11 Å². The Morgan fingerprint density at radius 1 is 1.27 bits per heavy atom. The highest BCUT2D eigenvalue weighted by atomic mass is 16.4. The Balaban J connectivity index is 1.56. The fraction of sp³-hybridized carbons (Fsp3) is 0.412. The third-order valence-corrected chi connectivity index (χ3v) is 4.35. The van der Waals surface area contributed by atoms with Crippen LogP contribution in [0.15, 0.2) is 36.5 Å². The van der Waals surface area contributed by atoms with E-state index in [1.54, 1.807) is 0 Å². The van der Waals surface area contributed by atoms with E-state index < -0.39 is 6.09 Å². The van der Waals surface area contributed by atoms with E-state index in [0.717, 1.165) is 44.4 Å². The van der Waals surface area contributed by atoms with Crippen LogP contribution in [0, 0.1) is 0 Å². The number of carbonyl (C=O) groups is 1. The molecule has 0 unspecified atom stereocenters. The van der Waals surface area contributed by atoms with Crippen molar-refractivity contribution in [2.75, 3.05) is 19.6 Å². The molecule has 0 spiro atoms. The molecule has 1 fully saturated rings. The topological polar surface area (TPSA) is 65.5 Å². The molecule has 0 atom stereocenters. The van der Waals surface area contributed by atoms with Gasteiger partial charge in [0.25, 0.3) is 0 Å². The van der Waals surface area contributed by atoms with Crippen molar-refractivity contribution in [3.63, 3.8) is 0 Å². The van der Waals surface area contributed by atoms with Gasteiger partial charge in [0.1, 0.15) is 0 Å². The van der Waals surface area contributed by atoms with Crippen molar-refractivity contribution in [3.05, 3.63) is 42.1 Å². The molecule has 1 aromatic carbocycles. The quantitative estimate of drug-likeness (QED) is 0.910. The minimum Gasteiger partial charge on any atom is -0.465 e. The summed E-state index contributed by atoms with van der Waals surface area (Å²) in [4.78, 5) is 17.5. The van der Waals surface area contributed by atoms with Crippen LogP contribution in [-0.2, 0) is 6.42 Å². The van der Waals surface area contributed by atoms with E-state index in [1.807, 2.05) is 18.3 Å². The number of hydrogen-bond donors (Lipinski definition) is 2. The third kappa shape index (κ3) is 3.54. The van der Waals surface area contributed by atoms with E-state index in [-0.39, 0.29) is 6.04 Å². The molecular formula is C17H21N3O2. The van der Waals surface area contributed by atoms with Crippen LogP contribution < -0.4 is 5.32 Å². The second-order valence-electron chi connectivity index (χ2n) is 5.80. The van der Waals surface area contributed by atoms with Crippen molar-refractivity contribution in [1.29, 1.82) is 0 Å². The molecule has 22 heavy (non-hydrogen) atoms. The summed E-state index contributed by atoms with van der Waals surface area (Å²) in [7, 11) is 0. The van der Waals surface area contributed by atoms with Gasteiger partial charge in [-0.15, -0.1) is 0 Å². The zero-order valence-corrected chi connectivity index (χ0v) is 12.5. The number of pyridine rings is 1. The van der Waals surface area contributed by atoms with Crippen molar-refractivity contribution in [1.82, 2.24) is 15.2 Å². The Labute approximate surface area is 130 Å². The average molecular weight is 299 g/mol. The molecule has 3 rings (SSSR count). The van der Waals surface area contributed by atoms with Crippen LogP contribution in [0.1, 0.15) is 18.4 Å². The number of piperidine rings is 1. The molecule has 2 N–H and O–H groups in total. The van der Waals surface area contributed by atoms with E-state index in [0.29, 0.717) is 0 Å². The normalized spacial score (nSPS) is 16.7. The number of hydrogen-bond acceptors (Lipinski definition) is 3. The first-order chi connectivity index (χ1) is 10.7. The molecule has 0 aliphatic carbocycles. The molecule has 5 heteroatoms. The third-order valence-electron chi connectivity index (χ3n) is 4.35. The Bertz CT molecular complexity index is 646. The highest BCUT2D eigenvalue weighted by Gasteiger charge is 2.20. The number of para-hydroxylation sites is 1. The summed E-state index contributed by atoms with van der Waals surface area (Å²) >= 11 is 0. The zero-order chi connectivity index (χ0) is 15.4. The first kappa shape index (κ1) is 14.8. The van der Waals surface area contributed by atoms with Gasteiger partial charge < -0.3 is 15.3 Å². The minimum absolute atomic E-state index is 0.107. The van der Waals surface area contributed by atoms with Crippen LogP contribution in [0.25, 0.3) is 10.9 Å². The fourth-order valence-electron chi connectivity index (χ4n) is 3.13. The van der Waals surface area contributed by atoms with Gasteiger partial charge in [-0.1, -0.05) is 18.2 Å². The maximum absolute atomic E-state index is 10.7. The van der Waals surface area contributed by atoms with E-state index in [9.17, 15) is 4.79 Å². The monoisotopic (exact) mass is 299 g/mol. The first-order valence-corrected chi connectivity index (χ1v) is 7.77. The zero-order valence-electron chi connectivity index (χ0n) is 12.5. The molecule has 2 aromatic rings. The Morgan fingerprint density at radius 3 is 2.82 bits per heavy atom. The molecule has 5 nitrogen and oxygen atoms in total. The van der Waals surface area contributed by atoms with Crippen LogP contribution in [0.2, 0.25) is 0 Å². The highest BCUT2D eigenvalue weighted by Crippen LogP contribution is 2.18. The van der Waals surface area contributed by atoms with Gasteiger partial charge in [-0.25, -0.2) is 4.79 Å². The lowest BCUT2D eigenvalue weighted by Crippen LogP contribution is -2.44. The predicted octanol–water partition coefficient (Wildman–Crippen LogP) is 2.51. The lowest BCUT2D eigenvalue weighted by molar-refractivity contribution is 0.169. The Morgan fingerprint density at radius 2 is 2.05 bits per heavy atom. The molecule has 2 heterocycles. The minimum atomic E-state index is -0.915. The summed E-state index contributed by atoms with van der Waals surface area (Å²) in [6, 6.07) is 10.4. The smallest absolute Gasteiger partial charge is 0.404 e. The molecule has 1 aliphatic heterocycles. The summed E-state index contributed by atoms with van der Waals surface area (Å²) in [6.45, 7) is 2.91. The van der Waals surface area contributed by atoms with Crippen LogP contribution in [0.4, 0.5) is 4.79 Å². The SMILES string of the molecule is O=C(O)NC1CCN(CCc2ccnc3ccccc23)CC1. The van der Waals surface area contributed by atoms with Crippen LogP contribution >= 0.6 is 0 Å². The van der Waals surface area contributed by atoms with Crippen LogP contribution in [0.3, 0.4) is 0 Å². The van der Waals surface area contributed by atoms with Crippen LogP contribution in [0.5, 0.6) is 0 Å². The largest absolute Gasteiger partial charge is 0.465 e. The predicted molar refractivity (Wildman–Crippen MR) is 86.1 cm³/mol. The van der Waals surface area contributed by atoms with E-state index in [2.05, 4.69) is 33.4 Å². The summed E-state index contributed by atoms with van der Waals surface area (Å²) in [5.41, 5.74) is 2.38. The molecule has 1 aliphatic rings. The van der Waals surface area contributed by atoms with Crippen molar-refractivity contribution in [2.24, 2.45) is 0 Å². The van der Waals surface area contributed by atoms with Crippen molar-refractivity contribution in [3.8, 4) is 0 Å². The summed E-state index contributed by atoms with van der Waals surface area (Å²) in [6.07, 6.45) is 3.75. The van der Waals surface area contributed by atoms with Gasteiger partial charge in [0.2, 0.25) is 0 Å². The van der Waals surface area contributed by atoms with Gasteiger partial charge in [-0.2, -0.15) is 0 Å². The second-order valence-corrected chi connectivity index (χ2v) is 5.80. The fourth-order valence-corrected chi connectivity index (χ4v) is 3.13. The van der Waals surface area contributed by atoms with Crippen molar-refractivity contribution < 1.29 is 9.90 Å². The molecule has 0 radical (unpaired) electrons. The maximum Gasteiger partial charge on any atom is 0.404 e. The molecule has 1 aromatic heterocycles. The summed E-state index contributed by atoms with van der Waals surface area (Å²) in [5, 5.41) is 12.6. The molecule has 0 saturated carbocycles. The van der Waals surface area contributed by atoms with Gasteiger partial charge in [0.15, 0.2) is 0 Å². The number of aromatic nitrogens is 1. The van der Waals surface area contributed by atoms with E-state index in [1.165, 1.54) is 10.9 Å². The number of carboxylic acid groups (broad SMARTS) is 1. The average Bonchev–Trinajstić information content (AvgIpc) is 2.54. The summed E-state index contributed by atoms with van der Waals surface area (Å²) in [5.74, 6) is 0. The van der Waals surface area contributed by atoms with Gasteiger partial charge in [0, 0.05) is 37.3 Å². The molecule has 0 bridgehead atoms. The van der Waals surface area contributed by atoms with E-state index >= 15 is 0 Å². The molecule has 1 amide bonds. The number of nitrogens with one attached hydrogen (secondary N) is 1. The first-order valence-electron chi connectivity index (χ1n) is 7.77. The maximum atomic E-state index is 10.7. The standard InChI is InChI=1S/C17H21N3O2/c21-17(22)19-14-7-11-20(12-8-14)10-6-13-5-9-18-16-4-2-1-3-15(13)16/h1-5,9,14,19H,6-8,10-12H2,(H,21,22). The van der Waals surface area contributed by atoms with Gasteiger partial charge in [-0.05, 0) is 37.0 Å². The Hall–Kier alpha value is -2.14. The number of benzene rings is 1. The van der Waals surface area contributed by atoms with Gasteiger partial charge in [0.05, 0.1) is 5.52 Å². The number of rotatable bonds is 4. The molecule has 116 valence electrons.